The zero-order valence-electron chi connectivity index (χ0n) is 38.3. The molecule has 1 unspecified atom stereocenters. The van der Waals surface area contributed by atoms with E-state index in [1.807, 2.05) is 6.07 Å². The van der Waals surface area contributed by atoms with Crippen LogP contribution >= 0.6 is 12.2 Å². The molecule has 6 N–H and O–H groups in total. The number of carbonyl (C=O) groups is 6. The molecule has 362 valence electrons. The highest BCUT2D eigenvalue weighted by molar-refractivity contribution is 7.80. The number of amides is 3. The van der Waals surface area contributed by atoms with E-state index in [9.17, 15) is 39.0 Å². The number of rotatable bonds is 20. The molecule has 4 aromatic rings. The molecule has 3 amide bonds. The summed E-state index contributed by atoms with van der Waals surface area (Å²) in [5, 5.41) is 33.7. The fraction of sp³-hybridized carbons (Fsp3) is 0.340. The van der Waals surface area contributed by atoms with E-state index >= 15 is 0 Å². The zero-order chi connectivity index (χ0) is 49.2. The number of imide groups is 1. The van der Waals surface area contributed by atoms with Gasteiger partial charge in [-0.3, -0.25) is 24.1 Å². The summed E-state index contributed by atoms with van der Waals surface area (Å²) >= 11 is 5.43. The number of hydrogen-bond donors (Lipinski definition) is 6. The number of hydrogen-bond acceptors (Lipinski definition) is 14. The molecule has 1 aliphatic carbocycles. The number of allylic oxidation sites excluding steroid dienone is 1. The molecule has 0 saturated carbocycles. The number of nitrogens with one attached hydrogen (secondary N) is 4. The molecule has 18 nitrogen and oxygen atoms in total. The number of alkyl carbamates (subject to hydrolysis) is 1. The Morgan fingerprint density at radius 3 is 2.32 bits per heavy atom. The summed E-state index contributed by atoms with van der Waals surface area (Å²) in [6.45, 7) is 7.14. The van der Waals surface area contributed by atoms with Crippen LogP contribution in [0.4, 0.5) is 16.2 Å². The highest BCUT2D eigenvalue weighted by Crippen LogP contribution is 2.45. The van der Waals surface area contributed by atoms with Crippen molar-refractivity contribution < 1.29 is 62.7 Å². The highest BCUT2D eigenvalue weighted by atomic mass is 32.1. The number of aromatic hydroxyl groups is 1. The summed E-state index contributed by atoms with van der Waals surface area (Å²) in [7, 11) is 0. The Hall–Kier alpha value is -7.35. The Morgan fingerprint density at radius 1 is 0.826 bits per heavy atom. The smallest absolute Gasteiger partial charge is 0.407 e. The molecule has 2 aliphatic heterocycles. The van der Waals surface area contributed by atoms with Crippen molar-refractivity contribution in [2.45, 2.75) is 51.7 Å². The highest BCUT2D eigenvalue weighted by Gasteiger charge is 2.35. The van der Waals surface area contributed by atoms with Crippen LogP contribution in [0.5, 0.6) is 11.5 Å². The van der Waals surface area contributed by atoms with Crippen LogP contribution in [0, 0.1) is 0 Å². The summed E-state index contributed by atoms with van der Waals surface area (Å²) in [5.41, 5.74) is 3.49. The van der Waals surface area contributed by atoms with Crippen molar-refractivity contribution in [3.05, 3.63) is 112 Å². The maximum atomic E-state index is 13.5. The Balaban J connectivity index is 0.826. The fourth-order valence-corrected chi connectivity index (χ4v) is 8.21. The molecule has 7 rings (SSSR count). The van der Waals surface area contributed by atoms with Gasteiger partial charge in [0, 0.05) is 75.6 Å². The summed E-state index contributed by atoms with van der Waals surface area (Å²) < 4.78 is 27.7. The summed E-state index contributed by atoms with van der Waals surface area (Å²) in [4.78, 5) is 77.3. The number of fused-ring (bicyclic) bond motifs is 2. The predicted octanol–water partition coefficient (Wildman–Crippen LogP) is 6.21. The van der Waals surface area contributed by atoms with Gasteiger partial charge in [-0.15, -0.1) is 0 Å². The predicted molar refractivity (Wildman–Crippen MR) is 259 cm³/mol. The maximum Gasteiger partial charge on any atom is 0.407 e. The van der Waals surface area contributed by atoms with Gasteiger partial charge in [0.1, 0.15) is 29.8 Å². The fourth-order valence-electron chi connectivity index (χ4n) is 7.99. The average Bonchev–Trinajstić information content (AvgIpc) is 3.30. The van der Waals surface area contributed by atoms with Gasteiger partial charge in [-0.2, -0.15) is 0 Å². The van der Waals surface area contributed by atoms with Gasteiger partial charge in [0.15, 0.2) is 10.9 Å². The second-order valence-electron chi connectivity index (χ2n) is 17.1. The molecule has 69 heavy (non-hydrogen) atoms. The SMILES string of the molecule is CC(C)(C)OC(=O)NCCOCCOCCN1C(=O)c2cccc3c(NCCCC(=O)OCCNC(=S)Nc4ccc(C5=C6C=CC(=O)CC6Oc6cc(O)ccc65)c(C(=O)O)c4)ccc(c23)C1=O. The molecule has 2 heterocycles. The first-order valence-corrected chi connectivity index (χ1v) is 22.8. The lowest BCUT2D eigenvalue weighted by molar-refractivity contribution is -0.143. The van der Waals surface area contributed by atoms with Crippen LogP contribution in [0.3, 0.4) is 0 Å². The van der Waals surface area contributed by atoms with Crippen molar-refractivity contribution >= 4 is 80.7 Å². The molecular formula is C50H53N5O13S. The normalized spacial score (nSPS) is 15.0. The lowest BCUT2D eigenvalue weighted by Gasteiger charge is -2.32. The Kier molecular flexibility index (Phi) is 15.9. The van der Waals surface area contributed by atoms with E-state index in [0.29, 0.717) is 74.3 Å². The minimum absolute atomic E-state index is 0.0175. The van der Waals surface area contributed by atoms with E-state index in [-0.39, 0.29) is 87.7 Å². The number of phenolic OH excluding ortho intramolecular Hbond substituents is 1. The van der Waals surface area contributed by atoms with Crippen molar-refractivity contribution in [2.24, 2.45) is 0 Å². The van der Waals surface area contributed by atoms with E-state index in [1.165, 1.54) is 29.2 Å². The van der Waals surface area contributed by atoms with Crippen LogP contribution in [0.1, 0.15) is 82.2 Å². The van der Waals surface area contributed by atoms with Crippen LogP contribution in [0.2, 0.25) is 0 Å². The first-order valence-electron chi connectivity index (χ1n) is 22.4. The van der Waals surface area contributed by atoms with Crippen LogP contribution in [-0.4, -0.2) is 127 Å². The van der Waals surface area contributed by atoms with Gasteiger partial charge in [0.25, 0.3) is 11.8 Å². The number of carbonyl (C=O) groups excluding carboxylic acids is 5. The van der Waals surface area contributed by atoms with Crippen LogP contribution in [-0.2, 0) is 28.5 Å². The first kappa shape index (κ1) is 49.6. The minimum Gasteiger partial charge on any atom is -0.508 e. The number of anilines is 2. The Bertz CT molecular complexity index is 2720. The molecule has 1 atom stereocenters. The molecule has 3 aliphatic rings. The van der Waals surface area contributed by atoms with E-state index in [0.717, 1.165) is 0 Å². The maximum absolute atomic E-state index is 13.5. The van der Waals surface area contributed by atoms with Crippen LogP contribution in [0.25, 0.3) is 16.3 Å². The van der Waals surface area contributed by atoms with E-state index in [1.54, 1.807) is 69.3 Å². The lowest BCUT2D eigenvalue weighted by atomic mass is 9.82. The van der Waals surface area contributed by atoms with Crippen molar-refractivity contribution in [3.8, 4) is 11.5 Å². The van der Waals surface area contributed by atoms with E-state index < -0.39 is 41.6 Å². The quantitative estimate of drug-likeness (QED) is 0.0250. The van der Waals surface area contributed by atoms with Crippen molar-refractivity contribution in [1.82, 2.24) is 15.5 Å². The van der Waals surface area contributed by atoms with Crippen molar-refractivity contribution in [2.75, 3.05) is 69.8 Å². The Morgan fingerprint density at radius 2 is 1.55 bits per heavy atom. The number of phenols is 1. The Labute approximate surface area is 402 Å². The third-order valence-electron chi connectivity index (χ3n) is 11.0. The first-order chi connectivity index (χ1) is 33.1. The number of esters is 1. The molecule has 0 fully saturated rings. The monoisotopic (exact) mass is 963 g/mol. The van der Waals surface area contributed by atoms with Crippen LogP contribution < -0.4 is 26.0 Å². The molecule has 19 heteroatoms. The van der Waals surface area contributed by atoms with Crippen molar-refractivity contribution in [1.29, 1.82) is 0 Å². The van der Waals surface area contributed by atoms with Crippen LogP contribution in [0.15, 0.2) is 84.5 Å². The molecule has 0 radical (unpaired) electrons. The standard InChI is InChI=1S/C50H53N5O13S/c1-50(2,3)68-49(63)53-18-21-64-24-25-65-23-20-55-45(59)36-7-4-6-33-39(16-15-37(44(33)36)46(55)60)51-17-5-8-42(58)66-22-19-52-48(69)54-29-9-12-32(38(26-29)47(61)62)43-34-13-10-30(56)27-40(34)67-41-28-31(57)11-14-35(41)43/h4,6-7,9-16,26-27,41,51,56H,5,8,17-25,28H2,1-3H3,(H,53,63)(H,61,62)(H2,52,54,69). The number of nitrogens with zero attached hydrogens (tertiary/aromatic N) is 1. The van der Waals surface area contributed by atoms with Gasteiger partial charge in [-0.25, -0.2) is 9.59 Å². The van der Waals surface area contributed by atoms with E-state index in [4.69, 9.17) is 35.9 Å². The number of ether oxygens (including phenoxy) is 5. The molecule has 0 bridgehead atoms. The van der Waals surface area contributed by atoms with Gasteiger partial charge in [-0.05, 0) is 93.5 Å². The van der Waals surface area contributed by atoms with E-state index in [2.05, 4.69) is 21.3 Å². The zero-order valence-corrected chi connectivity index (χ0v) is 39.1. The number of benzene rings is 4. The third kappa shape index (κ3) is 12.4. The molecular weight excluding hydrogens is 911 g/mol. The lowest BCUT2D eigenvalue weighted by Crippen LogP contribution is -2.42. The van der Waals surface area contributed by atoms with Gasteiger partial charge in [0.2, 0.25) is 0 Å². The second kappa shape index (κ2) is 22.2. The number of ketones is 1. The van der Waals surface area contributed by atoms with Crippen molar-refractivity contribution in [3.63, 3.8) is 0 Å². The molecule has 0 saturated heterocycles. The summed E-state index contributed by atoms with van der Waals surface area (Å²) in [5.74, 6) is -2.28. The van der Waals surface area contributed by atoms with Gasteiger partial charge < -0.3 is 55.2 Å². The number of aromatic carboxylic acids is 1. The molecule has 4 aromatic carbocycles. The summed E-state index contributed by atoms with van der Waals surface area (Å²) in [6, 6.07) is 18.1. The largest absolute Gasteiger partial charge is 0.508 e. The second-order valence-corrected chi connectivity index (χ2v) is 17.5. The number of thiocarbonyl (C=S) groups is 1. The topological polar surface area (TPSA) is 240 Å². The third-order valence-corrected chi connectivity index (χ3v) is 11.3. The van der Waals surface area contributed by atoms with Gasteiger partial charge in [0.05, 0.1) is 51.5 Å². The van der Waals surface area contributed by atoms with Gasteiger partial charge in [-0.1, -0.05) is 24.3 Å². The number of carboxylic acid groups (broad SMARTS) is 1. The molecule has 0 aromatic heterocycles. The minimum atomic E-state index is -1.19. The van der Waals surface area contributed by atoms with Gasteiger partial charge >= 0.3 is 18.0 Å². The number of carboxylic acids is 1. The average molecular weight is 964 g/mol. The summed E-state index contributed by atoms with van der Waals surface area (Å²) in [6.07, 6.45) is 2.54. The molecule has 0 spiro atoms.